The molecule has 1 fully saturated rings. The summed E-state index contributed by atoms with van der Waals surface area (Å²) in [5.74, 6) is -1.78. The highest BCUT2D eigenvalue weighted by Crippen LogP contribution is 2.61. The molecule has 2 aromatic carbocycles. The number of aliphatic hydroxyl groups excluding tert-OH is 2. The highest BCUT2D eigenvalue weighted by molar-refractivity contribution is 6.03. The third-order valence-corrected chi connectivity index (χ3v) is 10.9. The van der Waals surface area contributed by atoms with Gasteiger partial charge in [0.15, 0.2) is 0 Å². The number of benzene rings is 2. The Morgan fingerprint density at radius 3 is 2.45 bits per heavy atom. The van der Waals surface area contributed by atoms with Crippen molar-refractivity contribution >= 4 is 29.5 Å². The van der Waals surface area contributed by atoms with Gasteiger partial charge in [0, 0.05) is 62.9 Å². The van der Waals surface area contributed by atoms with E-state index in [1.54, 1.807) is 48.4 Å². The number of amides is 2. The summed E-state index contributed by atoms with van der Waals surface area (Å²) >= 11 is 0. The van der Waals surface area contributed by atoms with E-state index >= 15 is 0 Å². The maximum Gasteiger partial charge on any atom is 0.412 e. The molecule has 0 radical (unpaired) electrons. The molecule has 1 aliphatic heterocycles. The molecule has 1 saturated carbocycles. The number of likely N-dealkylation sites (N-methyl/N-ethyl adjacent to an activating group) is 1. The van der Waals surface area contributed by atoms with Crippen LogP contribution in [0.3, 0.4) is 0 Å². The monoisotopic (exact) mass is 802 g/mol. The second-order valence-corrected chi connectivity index (χ2v) is 16.0. The zero-order valence-corrected chi connectivity index (χ0v) is 34.2. The van der Waals surface area contributed by atoms with Crippen molar-refractivity contribution in [3.05, 3.63) is 94.1 Å². The van der Waals surface area contributed by atoms with Gasteiger partial charge >= 0.3 is 6.09 Å². The molecular weight excluding hydrogens is 745 g/mol. The molecule has 314 valence electrons. The SMILES string of the molecule is C=CCOC12Oc3ccc(OC(=O)NCC)cc3C3C(CCCCO)C(CCCCO)C=C(C(=NOC(C)(C)C)CC1N(C)C(=O)C=Cc1ccc([N+](=O)[O-])cc1)C32. The van der Waals surface area contributed by atoms with Gasteiger partial charge in [-0.2, -0.15) is 0 Å². The molecule has 0 aromatic heterocycles. The van der Waals surface area contributed by atoms with E-state index in [4.69, 9.17) is 24.2 Å². The number of nitro benzene ring substituents is 1. The molecule has 6 unspecified atom stereocenters. The van der Waals surface area contributed by atoms with E-state index in [0.29, 0.717) is 42.2 Å². The van der Waals surface area contributed by atoms with E-state index < -0.39 is 34.4 Å². The Labute approximate surface area is 340 Å². The minimum Gasteiger partial charge on any atom is -0.459 e. The molecule has 58 heavy (non-hydrogen) atoms. The topological polar surface area (TPSA) is 182 Å². The molecule has 3 aliphatic rings. The first-order valence-corrected chi connectivity index (χ1v) is 20.2. The van der Waals surface area contributed by atoms with Crippen molar-refractivity contribution < 1.29 is 43.8 Å². The summed E-state index contributed by atoms with van der Waals surface area (Å²) in [6, 6.07) is 10.5. The van der Waals surface area contributed by atoms with E-state index in [1.807, 2.05) is 33.8 Å². The van der Waals surface area contributed by atoms with Crippen LogP contribution >= 0.6 is 0 Å². The molecule has 0 spiro atoms. The van der Waals surface area contributed by atoms with Crippen molar-refractivity contribution in [1.29, 1.82) is 0 Å². The summed E-state index contributed by atoms with van der Waals surface area (Å²) in [6.45, 7) is 12.1. The zero-order chi connectivity index (χ0) is 42.0. The molecule has 2 aliphatic carbocycles. The van der Waals surface area contributed by atoms with Gasteiger partial charge in [-0.05, 0) is 113 Å². The summed E-state index contributed by atoms with van der Waals surface area (Å²) in [5, 5.41) is 38.4. The molecule has 1 heterocycles. The fourth-order valence-corrected chi connectivity index (χ4v) is 8.42. The summed E-state index contributed by atoms with van der Waals surface area (Å²) in [4.78, 5) is 45.4. The van der Waals surface area contributed by atoms with Gasteiger partial charge in [0.2, 0.25) is 11.7 Å². The van der Waals surface area contributed by atoms with Crippen LogP contribution in [0, 0.1) is 27.9 Å². The number of non-ortho nitro benzene ring substituents is 1. The largest absolute Gasteiger partial charge is 0.459 e. The van der Waals surface area contributed by atoms with Crippen molar-refractivity contribution in [3.8, 4) is 11.5 Å². The van der Waals surface area contributed by atoms with E-state index in [2.05, 4.69) is 18.0 Å². The Balaban J connectivity index is 1.72. The van der Waals surface area contributed by atoms with Crippen LogP contribution in [0.2, 0.25) is 0 Å². The number of hydrogen-bond donors (Lipinski definition) is 3. The molecule has 6 atom stereocenters. The summed E-state index contributed by atoms with van der Waals surface area (Å²) < 4.78 is 19.8. The van der Waals surface area contributed by atoms with Gasteiger partial charge in [-0.25, -0.2) is 4.79 Å². The smallest absolute Gasteiger partial charge is 0.412 e. The third kappa shape index (κ3) is 10.1. The minimum absolute atomic E-state index is 0.0142. The Bertz CT molecular complexity index is 1870. The van der Waals surface area contributed by atoms with Gasteiger partial charge < -0.3 is 39.5 Å². The van der Waals surface area contributed by atoms with Gasteiger partial charge in [0.25, 0.3) is 5.69 Å². The van der Waals surface area contributed by atoms with Gasteiger partial charge in [-0.1, -0.05) is 30.1 Å². The number of nitrogens with one attached hydrogen (secondary N) is 1. The number of allylic oxidation sites excluding steroid dienone is 1. The van der Waals surface area contributed by atoms with Crippen LogP contribution in [0.25, 0.3) is 6.08 Å². The average molecular weight is 803 g/mol. The number of unbranched alkanes of at least 4 members (excludes halogenated alkanes) is 2. The molecule has 2 aromatic rings. The third-order valence-electron chi connectivity index (χ3n) is 10.9. The molecule has 0 saturated heterocycles. The second kappa shape index (κ2) is 19.6. The van der Waals surface area contributed by atoms with Crippen LogP contribution in [0.4, 0.5) is 10.5 Å². The van der Waals surface area contributed by atoms with E-state index in [9.17, 15) is 29.9 Å². The number of fused-ring (bicyclic) bond motifs is 2. The molecule has 2 amide bonds. The van der Waals surface area contributed by atoms with Crippen molar-refractivity contribution in [1.82, 2.24) is 10.2 Å². The molecular formula is C44H58N4O10. The number of nitro groups is 1. The van der Waals surface area contributed by atoms with E-state index in [0.717, 1.165) is 36.8 Å². The predicted molar refractivity (Wildman–Crippen MR) is 220 cm³/mol. The fraction of sp³-hybridized carbons (Fsp3) is 0.523. The highest BCUT2D eigenvalue weighted by Gasteiger charge is 2.65. The number of hydrogen-bond acceptors (Lipinski definition) is 11. The average Bonchev–Trinajstić information content (AvgIpc) is 3.19. The Morgan fingerprint density at radius 1 is 1.10 bits per heavy atom. The van der Waals surface area contributed by atoms with Crippen LogP contribution in [0.5, 0.6) is 11.5 Å². The maximum atomic E-state index is 14.3. The minimum atomic E-state index is -1.46. The normalized spacial score (nSPS) is 24.2. The number of nitrogens with zero attached hydrogens (tertiary/aromatic N) is 3. The van der Waals surface area contributed by atoms with Crippen LogP contribution < -0.4 is 14.8 Å². The summed E-state index contributed by atoms with van der Waals surface area (Å²) in [7, 11) is 1.69. The summed E-state index contributed by atoms with van der Waals surface area (Å²) in [5.41, 5.74) is 2.27. The first-order valence-electron chi connectivity index (χ1n) is 20.2. The van der Waals surface area contributed by atoms with Crippen molar-refractivity contribution in [2.45, 2.75) is 96.0 Å². The number of rotatable bonds is 18. The van der Waals surface area contributed by atoms with Crippen molar-refractivity contribution in [2.24, 2.45) is 22.9 Å². The van der Waals surface area contributed by atoms with Gasteiger partial charge in [-0.15, -0.1) is 6.58 Å². The lowest BCUT2D eigenvalue weighted by Crippen LogP contribution is -2.69. The zero-order valence-electron chi connectivity index (χ0n) is 34.2. The quantitative estimate of drug-likeness (QED) is 0.0455. The Hall–Kier alpha value is -5.05. The van der Waals surface area contributed by atoms with E-state index in [-0.39, 0.29) is 55.6 Å². The predicted octanol–water partition coefficient (Wildman–Crippen LogP) is 7.31. The molecule has 14 nitrogen and oxygen atoms in total. The number of aliphatic hydroxyl groups is 2. The molecule has 5 rings (SSSR count). The lowest BCUT2D eigenvalue weighted by molar-refractivity contribution is -0.384. The number of oxime groups is 1. The number of carbonyl (C=O) groups is 2. The first-order chi connectivity index (χ1) is 27.8. The second-order valence-electron chi connectivity index (χ2n) is 16.0. The first kappa shape index (κ1) is 44.1. The molecule has 3 N–H and O–H groups in total. The van der Waals surface area contributed by atoms with Crippen LogP contribution in [-0.2, 0) is 14.4 Å². The van der Waals surface area contributed by atoms with Crippen LogP contribution in [0.1, 0.15) is 89.7 Å². The van der Waals surface area contributed by atoms with Crippen LogP contribution in [0.15, 0.2) is 78.0 Å². The number of carbonyl (C=O) groups excluding carboxylic acids is 2. The Kier molecular flexibility index (Phi) is 14.9. The molecule has 14 heteroatoms. The standard InChI is InChI=1S/C44H58N4O10/c1-7-25-55-44-38(47(6)39(51)22-17-29-15-18-31(19-16-29)48(53)54)28-36(46-58-43(3,4)5)34-26-30(13-9-11-23-49)33(14-10-12-24-50)40(41(34)44)35-27-32(20-21-37(35)57-44)56-42(52)45-8-2/h7,15-22,26-27,30,33,38,40-41,49-50H,1,8-14,23-25,28H2,2-6H3,(H,45,52). The van der Waals surface area contributed by atoms with Gasteiger partial charge in [0.1, 0.15) is 23.1 Å². The van der Waals surface area contributed by atoms with Crippen LogP contribution in [-0.4, -0.2) is 88.6 Å². The Morgan fingerprint density at radius 2 is 1.81 bits per heavy atom. The maximum absolute atomic E-state index is 14.3. The number of ether oxygens (including phenoxy) is 3. The highest BCUT2D eigenvalue weighted by atomic mass is 16.7. The van der Waals surface area contributed by atoms with Crippen molar-refractivity contribution in [2.75, 3.05) is 33.4 Å². The lowest BCUT2D eigenvalue weighted by Gasteiger charge is -2.59. The van der Waals surface area contributed by atoms with Gasteiger partial charge in [-0.3, -0.25) is 14.9 Å². The molecule has 0 bridgehead atoms. The lowest BCUT2D eigenvalue weighted by atomic mass is 9.55. The van der Waals surface area contributed by atoms with E-state index in [1.165, 1.54) is 18.2 Å². The summed E-state index contributed by atoms with van der Waals surface area (Å²) in [6.07, 6.45) is 10.9. The van der Waals surface area contributed by atoms with Crippen molar-refractivity contribution in [3.63, 3.8) is 0 Å². The fourth-order valence-electron chi connectivity index (χ4n) is 8.42. The van der Waals surface area contributed by atoms with Gasteiger partial charge in [0.05, 0.1) is 23.2 Å².